The molecule has 4 rings (SSSR count). The molecule has 1 unspecified atom stereocenters. The van der Waals surface area contributed by atoms with Crippen LogP contribution in [0.2, 0.25) is 0 Å². The Morgan fingerprint density at radius 3 is 2.69 bits per heavy atom. The number of amides is 1. The second-order valence-electron chi connectivity index (χ2n) is 8.36. The minimum atomic E-state index is -0.0875. The molecule has 32 heavy (non-hydrogen) atoms. The topological polar surface area (TPSA) is 72.3 Å². The van der Waals surface area contributed by atoms with Crippen LogP contribution in [0.4, 0.5) is 5.69 Å². The van der Waals surface area contributed by atoms with E-state index in [-0.39, 0.29) is 11.9 Å². The quantitative estimate of drug-likeness (QED) is 0.563. The van der Waals surface area contributed by atoms with Gasteiger partial charge in [-0.05, 0) is 82.1 Å². The van der Waals surface area contributed by atoms with Crippen molar-refractivity contribution in [1.82, 2.24) is 19.7 Å². The van der Waals surface area contributed by atoms with Crippen LogP contribution in [0.15, 0.2) is 54.9 Å². The predicted molar refractivity (Wildman–Crippen MR) is 125 cm³/mol. The molecular weight excluding hydrogens is 402 g/mol. The number of rotatable bonds is 8. The lowest BCUT2D eigenvalue weighted by atomic mass is 10.0. The van der Waals surface area contributed by atoms with Gasteiger partial charge in [-0.25, -0.2) is 0 Å². The van der Waals surface area contributed by atoms with Gasteiger partial charge >= 0.3 is 0 Å². The lowest BCUT2D eigenvalue weighted by Crippen LogP contribution is -2.47. The normalized spacial score (nSPS) is 16.6. The molecule has 168 valence electrons. The Morgan fingerprint density at radius 2 is 1.97 bits per heavy atom. The summed E-state index contributed by atoms with van der Waals surface area (Å²) in [6.45, 7) is 6.85. The zero-order valence-electron chi connectivity index (χ0n) is 18.8. The van der Waals surface area contributed by atoms with Crippen LogP contribution in [0.5, 0.6) is 11.5 Å². The van der Waals surface area contributed by atoms with Crippen LogP contribution in [-0.4, -0.2) is 44.7 Å². The summed E-state index contributed by atoms with van der Waals surface area (Å²) >= 11 is 0. The first-order valence-electron chi connectivity index (χ1n) is 11.3. The van der Waals surface area contributed by atoms with E-state index in [1.54, 1.807) is 12.4 Å². The Hall–Kier alpha value is -3.19. The molecule has 2 aromatic heterocycles. The van der Waals surface area contributed by atoms with Crippen molar-refractivity contribution in [3.05, 3.63) is 66.2 Å². The van der Waals surface area contributed by atoms with Crippen molar-refractivity contribution in [1.29, 1.82) is 0 Å². The third kappa shape index (κ3) is 5.73. The van der Waals surface area contributed by atoms with Crippen LogP contribution >= 0.6 is 0 Å². The van der Waals surface area contributed by atoms with Gasteiger partial charge in [0.15, 0.2) is 0 Å². The number of carbonyl (C=O) groups excluding carboxylic acids is 1. The van der Waals surface area contributed by atoms with E-state index in [9.17, 15) is 4.79 Å². The Labute approximate surface area is 189 Å². The van der Waals surface area contributed by atoms with Gasteiger partial charge in [0.05, 0.1) is 17.9 Å². The van der Waals surface area contributed by atoms with Crippen LogP contribution < -0.4 is 10.1 Å². The second kappa shape index (κ2) is 10.4. The number of anilines is 1. The van der Waals surface area contributed by atoms with Crippen molar-refractivity contribution in [3.8, 4) is 11.5 Å². The molecule has 7 heteroatoms. The number of aromatic nitrogens is 3. The molecule has 1 saturated heterocycles. The zero-order chi connectivity index (χ0) is 22.3. The molecule has 3 aromatic rings. The van der Waals surface area contributed by atoms with Crippen molar-refractivity contribution >= 4 is 11.6 Å². The van der Waals surface area contributed by atoms with Crippen molar-refractivity contribution in [2.24, 2.45) is 0 Å². The van der Waals surface area contributed by atoms with Gasteiger partial charge in [0.1, 0.15) is 11.5 Å². The summed E-state index contributed by atoms with van der Waals surface area (Å²) in [6.07, 6.45) is 7.48. The average Bonchev–Trinajstić information content (AvgIpc) is 3.13. The van der Waals surface area contributed by atoms with Gasteiger partial charge in [0.25, 0.3) is 0 Å². The highest BCUT2D eigenvalue weighted by Crippen LogP contribution is 2.23. The van der Waals surface area contributed by atoms with E-state index in [0.717, 1.165) is 56.7 Å². The maximum absolute atomic E-state index is 13.0. The summed E-state index contributed by atoms with van der Waals surface area (Å²) in [5.41, 5.74) is 3.02. The number of nitrogens with one attached hydrogen (secondary N) is 1. The van der Waals surface area contributed by atoms with Crippen LogP contribution in [0.25, 0.3) is 0 Å². The molecule has 0 radical (unpaired) electrons. The van der Waals surface area contributed by atoms with Crippen molar-refractivity contribution in [2.75, 3.05) is 18.4 Å². The third-order valence-electron chi connectivity index (χ3n) is 5.83. The summed E-state index contributed by atoms with van der Waals surface area (Å²) in [5, 5.41) is 7.63. The second-order valence-corrected chi connectivity index (χ2v) is 8.36. The lowest BCUT2D eigenvalue weighted by Gasteiger charge is -2.34. The minimum absolute atomic E-state index is 0.0664. The molecule has 1 aromatic carbocycles. The number of aryl methyl sites for hydroxylation is 3. The SMILES string of the molecule is Cc1cc(C)n(CCCN2CCCCC2C(=O)Nc2ccc(Oc3cccnc3)cc2)n1. The van der Waals surface area contributed by atoms with E-state index in [1.165, 1.54) is 5.69 Å². The Morgan fingerprint density at radius 1 is 1.12 bits per heavy atom. The molecule has 1 N–H and O–H groups in total. The summed E-state index contributed by atoms with van der Waals surface area (Å²) in [6, 6.07) is 13.2. The van der Waals surface area contributed by atoms with Gasteiger partial charge in [0, 0.05) is 30.7 Å². The van der Waals surface area contributed by atoms with Crippen LogP contribution in [0, 0.1) is 13.8 Å². The van der Waals surface area contributed by atoms with Crippen LogP contribution in [-0.2, 0) is 11.3 Å². The largest absolute Gasteiger partial charge is 0.456 e. The predicted octanol–water partition coefficient (Wildman–Crippen LogP) is 4.57. The molecule has 1 fully saturated rings. The van der Waals surface area contributed by atoms with E-state index in [0.29, 0.717) is 11.5 Å². The van der Waals surface area contributed by atoms with Crippen LogP contribution in [0.1, 0.15) is 37.1 Å². The lowest BCUT2D eigenvalue weighted by molar-refractivity contribution is -0.122. The number of carbonyl (C=O) groups is 1. The molecular formula is C25H31N5O2. The van der Waals surface area contributed by atoms with E-state index in [2.05, 4.69) is 38.0 Å². The molecule has 3 heterocycles. The molecule has 1 aliphatic heterocycles. The molecule has 1 amide bonds. The van der Waals surface area contributed by atoms with Crippen molar-refractivity contribution in [3.63, 3.8) is 0 Å². The first-order valence-corrected chi connectivity index (χ1v) is 11.3. The number of hydrogen-bond acceptors (Lipinski definition) is 5. The van der Waals surface area contributed by atoms with Crippen molar-refractivity contribution in [2.45, 2.75) is 52.1 Å². The highest BCUT2D eigenvalue weighted by atomic mass is 16.5. The molecule has 1 atom stereocenters. The molecule has 0 spiro atoms. The van der Waals surface area contributed by atoms with Gasteiger partial charge in [-0.3, -0.25) is 19.4 Å². The van der Waals surface area contributed by atoms with Gasteiger partial charge < -0.3 is 10.1 Å². The molecule has 7 nitrogen and oxygen atoms in total. The smallest absolute Gasteiger partial charge is 0.241 e. The zero-order valence-corrected chi connectivity index (χ0v) is 18.8. The number of ether oxygens (including phenoxy) is 1. The fourth-order valence-electron chi connectivity index (χ4n) is 4.26. The minimum Gasteiger partial charge on any atom is -0.456 e. The van der Waals surface area contributed by atoms with Gasteiger partial charge in [-0.1, -0.05) is 6.42 Å². The first kappa shape index (κ1) is 22.0. The van der Waals surface area contributed by atoms with E-state index >= 15 is 0 Å². The molecule has 0 aliphatic carbocycles. The molecule has 0 bridgehead atoms. The van der Waals surface area contributed by atoms with Gasteiger partial charge in [0.2, 0.25) is 5.91 Å². The Bertz CT molecular complexity index is 1020. The van der Waals surface area contributed by atoms with Gasteiger partial charge in [-0.2, -0.15) is 5.10 Å². The molecule has 0 saturated carbocycles. The number of hydrogen-bond donors (Lipinski definition) is 1. The van der Waals surface area contributed by atoms with Crippen LogP contribution in [0.3, 0.4) is 0 Å². The number of nitrogens with zero attached hydrogens (tertiary/aromatic N) is 4. The Kier molecular flexibility index (Phi) is 7.17. The maximum Gasteiger partial charge on any atom is 0.241 e. The summed E-state index contributed by atoms with van der Waals surface area (Å²) in [4.78, 5) is 19.4. The fourth-order valence-corrected chi connectivity index (χ4v) is 4.26. The first-order chi connectivity index (χ1) is 15.6. The number of benzene rings is 1. The van der Waals surface area contributed by atoms with Gasteiger partial charge in [-0.15, -0.1) is 0 Å². The number of piperidine rings is 1. The van der Waals surface area contributed by atoms with Crippen molar-refractivity contribution < 1.29 is 9.53 Å². The Balaban J connectivity index is 1.31. The highest BCUT2D eigenvalue weighted by molar-refractivity contribution is 5.94. The highest BCUT2D eigenvalue weighted by Gasteiger charge is 2.28. The summed E-state index contributed by atoms with van der Waals surface area (Å²) in [7, 11) is 0. The summed E-state index contributed by atoms with van der Waals surface area (Å²) < 4.78 is 7.83. The number of likely N-dealkylation sites (tertiary alicyclic amines) is 1. The number of pyridine rings is 1. The third-order valence-corrected chi connectivity index (χ3v) is 5.83. The fraction of sp³-hybridized carbons (Fsp3) is 0.400. The standard InChI is InChI=1S/C25H31N5O2/c1-19-17-20(2)30(28-19)16-6-15-29-14-4-3-8-24(29)25(31)27-21-9-11-22(12-10-21)32-23-7-5-13-26-18-23/h5,7,9-13,17-18,24H,3-4,6,8,14-16H2,1-2H3,(H,27,31). The summed E-state index contributed by atoms with van der Waals surface area (Å²) in [5.74, 6) is 1.46. The van der Waals surface area contributed by atoms with E-state index in [1.807, 2.05) is 43.3 Å². The average molecular weight is 434 g/mol. The van der Waals surface area contributed by atoms with E-state index in [4.69, 9.17) is 4.74 Å². The molecule has 1 aliphatic rings. The van der Waals surface area contributed by atoms with E-state index < -0.39 is 0 Å². The monoisotopic (exact) mass is 433 g/mol. The maximum atomic E-state index is 13.0.